The summed E-state index contributed by atoms with van der Waals surface area (Å²) in [7, 11) is 0. The maximum Gasteiger partial charge on any atom is 1.00 e. The van der Waals surface area contributed by atoms with E-state index in [-0.39, 0.29) is 54.0 Å². The molecule has 0 bridgehead atoms. The molecule has 1 heterocycles. The number of nitrogens with zero attached hydrogens (tertiary/aromatic N) is 3. The summed E-state index contributed by atoms with van der Waals surface area (Å²) in [6.07, 6.45) is 1.69. The number of hydrogen-bond donors (Lipinski definition) is 1. The van der Waals surface area contributed by atoms with Gasteiger partial charge in [0.25, 0.3) is 0 Å². The Bertz CT molecular complexity index is 800. The van der Waals surface area contributed by atoms with E-state index in [1.165, 1.54) is 6.33 Å². The molecule has 1 aliphatic rings. The number of carbonyl (C=O) groups is 2. The third-order valence-electron chi connectivity index (χ3n) is 4.60. The van der Waals surface area contributed by atoms with Crippen molar-refractivity contribution in [3.05, 3.63) is 48.0 Å². The number of rotatable bonds is 5. The molecule has 1 amide bonds. The number of aliphatic carboxylic acids is 1. The smallest absolute Gasteiger partial charge is 0.549 e. The third kappa shape index (κ3) is 3.70. The second-order valence-corrected chi connectivity index (χ2v) is 7.36. The van der Waals surface area contributed by atoms with Crippen LogP contribution in [0.1, 0.15) is 38.6 Å². The van der Waals surface area contributed by atoms with Crippen LogP contribution in [0, 0.1) is 5.92 Å². The first-order chi connectivity index (χ1) is 11.8. The van der Waals surface area contributed by atoms with Gasteiger partial charge in [-0.2, -0.15) is 5.10 Å². The first-order valence-corrected chi connectivity index (χ1v) is 8.21. The fourth-order valence-corrected chi connectivity index (χ4v) is 3.21. The summed E-state index contributed by atoms with van der Waals surface area (Å²) in [4.78, 5) is 28.4. The standard InChI is InChI=1S/C18H22N4O3.Na/c1-17(2,3)22-14(20-11-21-22)10-19-15(23)13-9-18(13,16(24)25)12-7-5-4-6-8-12;/h4-8,11,13H,9-10H2,1-3H3,(H,19,23)(H,24,25);/q;+1/p-1/t13-,18+;/m0./s1. The van der Waals surface area contributed by atoms with Gasteiger partial charge in [0.15, 0.2) is 0 Å². The molecule has 2 aromatic rings. The zero-order chi connectivity index (χ0) is 18.2. The van der Waals surface area contributed by atoms with Crippen LogP contribution in [0.25, 0.3) is 0 Å². The zero-order valence-corrected chi connectivity index (χ0v) is 17.5. The van der Waals surface area contributed by atoms with Gasteiger partial charge in [-0.05, 0) is 32.8 Å². The van der Waals surface area contributed by atoms with Crippen LogP contribution in [0.4, 0.5) is 0 Å². The van der Waals surface area contributed by atoms with Crippen molar-refractivity contribution in [2.24, 2.45) is 5.92 Å². The normalized spacial score (nSPS) is 21.6. The van der Waals surface area contributed by atoms with E-state index < -0.39 is 17.3 Å². The quantitative estimate of drug-likeness (QED) is 0.585. The van der Waals surface area contributed by atoms with E-state index >= 15 is 0 Å². The van der Waals surface area contributed by atoms with E-state index in [1.807, 2.05) is 26.8 Å². The van der Waals surface area contributed by atoms with Crippen molar-refractivity contribution in [2.75, 3.05) is 0 Å². The molecular formula is C18H21N4NaO3. The Morgan fingerprint density at radius 1 is 1.31 bits per heavy atom. The maximum absolute atomic E-state index is 12.5. The Labute approximate surface area is 174 Å². The maximum atomic E-state index is 12.5. The second kappa shape index (κ2) is 7.50. The molecule has 1 aliphatic carbocycles. The minimum Gasteiger partial charge on any atom is -0.549 e. The minimum atomic E-state index is -1.23. The van der Waals surface area contributed by atoms with Gasteiger partial charge in [-0.15, -0.1) is 0 Å². The summed E-state index contributed by atoms with van der Waals surface area (Å²) in [5.74, 6) is -1.53. The number of amides is 1. The summed E-state index contributed by atoms with van der Waals surface area (Å²) < 4.78 is 1.74. The number of carboxylic acids is 1. The number of aromatic nitrogens is 3. The van der Waals surface area contributed by atoms with Crippen LogP contribution < -0.4 is 40.0 Å². The van der Waals surface area contributed by atoms with E-state index in [2.05, 4.69) is 15.4 Å². The third-order valence-corrected chi connectivity index (χ3v) is 4.60. The Kier molecular flexibility index (Phi) is 5.95. The van der Waals surface area contributed by atoms with Crippen molar-refractivity contribution in [3.8, 4) is 0 Å². The van der Waals surface area contributed by atoms with Crippen LogP contribution in [0.3, 0.4) is 0 Å². The number of nitrogens with one attached hydrogen (secondary N) is 1. The average Bonchev–Trinajstić information content (AvgIpc) is 3.15. The molecule has 7 nitrogen and oxygen atoms in total. The minimum absolute atomic E-state index is 0. The molecule has 2 atom stereocenters. The largest absolute Gasteiger partial charge is 1.00 e. The van der Waals surface area contributed by atoms with Crippen molar-refractivity contribution in [2.45, 2.75) is 44.7 Å². The molecule has 8 heteroatoms. The molecule has 0 saturated heterocycles. The molecule has 132 valence electrons. The molecule has 0 spiro atoms. The predicted octanol–water partition coefficient (Wildman–Crippen LogP) is -2.64. The van der Waals surface area contributed by atoms with Crippen molar-refractivity contribution in [3.63, 3.8) is 0 Å². The fourth-order valence-electron chi connectivity index (χ4n) is 3.21. The van der Waals surface area contributed by atoms with E-state index in [1.54, 1.807) is 28.9 Å². The van der Waals surface area contributed by atoms with Crippen molar-refractivity contribution >= 4 is 11.9 Å². The summed E-state index contributed by atoms with van der Waals surface area (Å²) in [5, 5.41) is 18.7. The van der Waals surface area contributed by atoms with Crippen molar-refractivity contribution in [1.82, 2.24) is 20.1 Å². The SMILES string of the molecule is CC(C)(C)n1ncnc1CNC(=O)[C@@H]1C[C@@]1(C(=O)[O-])c1ccccc1.[Na+]. The molecule has 0 aliphatic heterocycles. The molecule has 1 aromatic heterocycles. The van der Waals surface area contributed by atoms with Crippen molar-refractivity contribution in [1.29, 1.82) is 0 Å². The Morgan fingerprint density at radius 3 is 2.54 bits per heavy atom. The second-order valence-electron chi connectivity index (χ2n) is 7.36. The van der Waals surface area contributed by atoms with Crippen LogP contribution in [-0.4, -0.2) is 26.6 Å². The first-order valence-electron chi connectivity index (χ1n) is 8.21. The molecule has 1 N–H and O–H groups in total. The van der Waals surface area contributed by atoms with Crippen molar-refractivity contribution < 1.29 is 44.3 Å². The van der Waals surface area contributed by atoms with Gasteiger partial charge in [0.05, 0.1) is 24.0 Å². The van der Waals surface area contributed by atoms with Gasteiger partial charge in [0.1, 0.15) is 12.2 Å². The number of benzene rings is 1. The molecule has 26 heavy (non-hydrogen) atoms. The monoisotopic (exact) mass is 364 g/mol. The van der Waals surface area contributed by atoms with Crippen LogP contribution in [0.5, 0.6) is 0 Å². The van der Waals surface area contributed by atoms with Gasteiger partial charge >= 0.3 is 29.6 Å². The van der Waals surface area contributed by atoms with E-state index in [0.29, 0.717) is 11.4 Å². The van der Waals surface area contributed by atoms with Gasteiger partial charge < -0.3 is 15.2 Å². The molecule has 0 radical (unpaired) electrons. The molecule has 0 unspecified atom stereocenters. The predicted molar refractivity (Wildman–Crippen MR) is 88.1 cm³/mol. The van der Waals surface area contributed by atoms with Crippen LogP contribution in [0.15, 0.2) is 36.7 Å². The molecule has 3 rings (SSSR count). The molecule has 1 aromatic carbocycles. The van der Waals surface area contributed by atoms with Crippen LogP contribution >= 0.6 is 0 Å². The van der Waals surface area contributed by atoms with Crippen LogP contribution in [0.2, 0.25) is 0 Å². The topological polar surface area (TPSA) is 99.9 Å². The number of hydrogen-bond acceptors (Lipinski definition) is 5. The van der Waals surface area contributed by atoms with Gasteiger partial charge in [0, 0.05) is 5.41 Å². The first kappa shape index (κ1) is 20.6. The Hall–Kier alpha value is -1.70. The van der Waals surface area contributed by atoms with E-state index in [9.17, 15) is 14.7 Å². The van der Waals surface area contributed by atoms with Crippen LogP contribution in [-0.2, 0) is 27.1 Å². The zero-order valence-electron chi connectivity index (χ0n) is 15.5. The summed E-state index contributed by atoms with van der Waals surface area (Å²) in [6, 6.07) is 8.78. The Morgan fingerprint density at radius 2 is 1.96 bits per heavy atom. The molecule has 1 saturated carbocycles. The van der Waals surface area contributed by atoms with Gasteiger partial charge in [-0.25, -0.2) is 9.67 Å². The molecular weight excluding hydrogens is 343 g/mol. The fraction of sp³-hybridized carbons (Fsp3) is 0.444. The average molecular weight is 364 g/mol. The number of carbonyl (C=O) groups excluding carboxylic acids is 2. The van der Waals surface area contributed by atoms with E-state index in [4.69, 9.17) is 0 Å². The summed E-state index contributed by atoms with van der Waals surface area (Å²) in [5.41, 5.74) is -0.883. The van der Waals surface area contributed by atoms with Gasteiger partial charge in [0.2, 0.25) is 5.91 Å². The Balaban J connectivity index is 0.00000243. The van der Waals surface area contributed by atoms with E-state index in [0.717, 1.165) is 0 Å². The molecule has 1 fully saturated rings. The number of carboxylic acid groups (broad SMARTS) is 1. The summed E-state index contributed by atoms with van der Waals surface area (Å²) >= 11 is 0. The van der Waals surface area contributed by atoms with Gasteiger partial charge in [-0.3, -0.25) is 4.79 Å². The summed E-state index contributed by atoms with van der Waals surface area (Å²) in [6.45, 7) is 6.17. The van der Waals surface area contributed by atoms with Gasteiger partial charge in [-0.1, -0.05) is 30.3 Å².